The molecular weight excluding hydrogens is 328 g/mol. The van der Waals surface area contributed by atoms with Crippen LogP contribution in [0.1, 0.15) is 54.4 Å². The largest absolute Gasteiger partial charge is 0.496 e. The van der Waals surface area contributed by atoms with E-state index in [0.717, 1.165) is 18.9 Å². The number of carbonyl (C=O) groups is 2. The van der Waals surface area contributed by atoms with Crippen molar-refractivity contribution >= 4 is 17.6 Å². The summed E-state index contributed by atoms with van der Waals surface area (Å²) in [6.45, 7) is 1.53. The summed E-state index contributed by atoms with van der Waals surface area (Å²) in [5.41, 5.74) is -1.25. The number of carbonyl (C=O) groups excluding carboxylic acids is 1. The van der Waals surface area contributed by atoms with Gasteiger partial charge in [0, 0.05) is 11.6 Å². The van der Waals surface area contributed by atoms with Gasteiger partial charge in [0.25, 0.3) is 11.6 Å². The number of benzene rings is 1. The Labute approximate surface area is 145 Å². The smallest absolute Gasteiger partial charge is 0.329 e. The second-order valence-corrected chi connectivity index (χ2v) is 6.34. The standard InChI is InChI=1S/C17H22N2O6/c1-11-13(19(23)24)9-12(10-14(11)25-2)15(20)18-17(16(21)22)7-5-3-4-6-8-17/h9-10H,3-8H2,1-2H3,(H,18,20)(H,21,22). The highest BCUT2D eigenvalue weighted by atomic mass is 16.6. The number of ether oxygens (including phenoxy) is 1. The number of carboxylic acids is 1. The molecule has 0 aliphatic heterocycles. The predicted octanol–water partition coefficient (Wildman–Crippen LogP) is 2.82. The van der Waals surface area contributed by atoms with Gasteiger partial charge in [0.1, 0.15) is 11.3 Å². The molecule has 0 aromatic heterocycles. The number of nitrogens with zero attached hydrogens (tertiary/aromatic N) is 1. The number of nitro groups is 1. The van der Waals surface area contributed by atoms with Crippen molar-refractivity contribution in [3.63, 3.8) is 0 Å². The van der Waals surface area contributed by atoms with E-state index in [1.807, 2.05) is 0 Å². The quantitative estimate of drug-likeness (QED) is 0.479. The van der Waals surface area contributed by atoms with E-state index in [-0.39, 0.29) is 17.0 Å². The number of methoxy groups -OCH3 is 1. The van der Waals surface area contributed by atoms with Crippen molar-refractivity contribution in [2.75, 3.05) is 7.11 Å². The molecule has 8 heteroatoms. The molecule has 0 radical (unpaired) electrons. The van der Waals surface area contributed by atoms with Crippen LogP contribution in [0.3, 0.4) is 0 Å². The minimum absolute atomic E-state index is 0.0130. The third-order valence-corrected chi connectivity index (χ3v) is 4.73. The molecule has 0 atom stereocenters. The second kappa shape index (κ2) is 7.50. The molecule has 1 aliphatic rings. The number of rotatable bonds is 5. The fraction of sp³-hybridized carbons (Fsp3) is 0.529. The lowest BCUT2D eigenvalue weighted by Crippen LogP contribution is -2.54. The molecule has 1 aromatic rings. The average molecular weight is 350 g/mol. The first-order valence-electron chi connectivity index (χ1n) is 8.19. The van der Waals surface area contributed by atoms with Crippen LogP contribution in [0.4, 0.5) is 5.69 Å². The van der Waals surface area contributed by atoms with Crippen molar-refractivity contribution in [3.8, 4) is 5.75 Å². The molecule has 0 saturated heterocycles. The summed E-state index contributed by atoms with van der Waals surface area (Å²) in [4.78, 5) is 35.0. The zero-order valence-electron chi connectivity index (χ0n) is 14.3. The molecule has 8 nitrogen and oxygen atoms in total. The van der Waals surface area contributed by atoms with Crippen molar-refractivity contribution in [1.29, 1.82) is 0 Å². The van der Waals surface area contributed by atoms with E-state index < -0.39 is 22.3 Å². The van der Waals surface area contributed by atoms with Crippen LogP contribution in [-0.2, 0) is 4.79 Å². The fourth-order valence-electron chi connectivity index (χ4n) is 3.22. The van der Waals surface area contributed by atoms with E-state index in [0.29, 0.717) is 31.2 Å². The number of aliphatic carboxylic acids is 1. The average Bonchev–Trinajstić information content (AvgIpc) is 2.81. The Morgan fingerprint density at radius 3 is 2.32 bits per heavy atom. The summed E-state index contributed by atoms with van der Waals surface area (Å²) in [7, 11) is 1.36. The molecule has 1 amide bonds. The highest BCUT2D eigenvalue weighted by Crippen LogP contribution is 2.31. The molecule has 1 saturated carbocycles. The van der Waals surface area contributed by atoms with Gasteiger partial charge in [-0.15, -0.1) is 0 Å². The zero-order valence-corrected chi connectivity index (χ0v) is 14.3. The van der Waals surface area contributed by atoms with Gasteiger partial charge in [-0.3, -0.25) is 14.9 Å². The van der Waals surface area contributed by atoms with Gasteiger partial charge < -0.3 is 15.2 Å². The minimum atomic E-state index is -1.33. The predicted molar refractivity (Wildman–Crippen MR) is 89.9 cm³/mol. The normalized spacial score (nSPS) is 16.6. The molecule has 0 unspecified atom stereocenters. The van der Waals surface area contributed by atoms with Gasteiger partial charge in [0.05, 0.1) is 17.6 Å². The molecule has 1 aromatic carbocycles. The number of amides is 1. The SMILES string of the molecule is COc1cc(C(=O)NC2(C(=O)O)CCCCCC2)cc([N+](=O)[O-])c1C. The Kier molecular flexibility index (Phi) is 5.61. The highest BCUT2D eigenvalue weighted by Gasteiger charge is 2.40. The molecule has 1 fully saturated rings. The van der Waals surface area contributed by atoms with Crippen molar-refractivity contribution < 1.29 is 24.4 Å². The van der Waals surface area contributed by atoms with Crippen LogP contribution < -0.4 is 10.1 Å². The maximum Gasteiger partial charge on any atom is 0.329 e. The number of carboxylic acid groups (broad SMARTS) is 1. The maximum atomic E-state index is 12.6. The van der Waals surface area contributed by atoms with E-state index in [2.05, 4.69) is 5.32 Å². The number of hydrogen-bond acceptors (Lipinski definition) is 5. The lowest BCUT2D eigenvalue weighted by atomic mass is 9.89. The summed E-state index contributed by atoms with van der Waals surface area (Å²) >= 11 is 0. The first-order chi connectivity index (χ1) is 11.8. The molecule has 1 aliphatic carbocycles. The van der Waals surface area contributed by atoms with E-state index in [1.54, 1.807) is 0 Å². The van der Waals surface area contributed by atoms with E-state index in [4.69, 9.17) is 4.74 Å². The van der Waals surface area contributed by atoms with Crippen LogP contribution in [0, 0.1) is 17.0 Å². The maximum absolute atomic E-state index is 12.6. The van der Waals surface area contributed by atoms with Gasteiger partial charge in [-0.05, 0) is 25.8 Å². The Balaban J connectivity index is 2.37. The molecule has 2 N–H and O–H groups in total. The summed E-state index contributed by atoms with van der Waals surface area (Å²) in [6.07, 6.45) is 3.97. The Bertz CT molecular complexity index is 693. The van der Waals surface area contributed by atoms with Crippen molar-refractivity contribution in [2.45, 2.75) is 51.0 Å². The van der Waals surface area contributed by atoms with Gasteiger partial charge in [-0.2, -0.15) is 0 Å². The molecule has 0 spiro atoms. The van der Waals surface area contributed by atoms with E-state index >= 15 is 0 Å². The lowest BCUT2D eigenvalue weighted by molar-refractivity contribution is -0.385. The van der Waals surface area contributed by atoms with Crippen LogP contribution in [0.25, 0.3) is 0 Å². The van der Waals surface area contributed by atoms with Gasteiger partial charge >= 0.3 is 5.97 Å². The third kappa shape index (κ3) is 3.89. The van der Waals surface area contributed by atoms with Crippen molar-refractivity contribution in [1.82, 2.24) is 5.32 Å². The first kappa shape index (κ1) is 18.7. The second-order valence-electron chi connectivity index (χ2n) is 6.34. The van der Waals surface area contributed by atoms with Gasteiger partial charge in [-0.1, -0.05) is 25.7 Å². The summed E-state index contributed by atoms with van der Waals surface area (Å²) < 4.78 is 5.11. The highest BCUT2D eigenvalue weighted by molar-refractivity contribution is 5.99. The molecule has 0 bridgehead atoms. The molecule has 0 heterocycles. The van der Waals surface area contributed by atoms with Gasteiger partial charge in [-0.25, -0.2) is 4.79 Å². The van der Waals surface area contributed by atoms with Crippen LogP contribution in [-0.4, -0.2) is 34.6 Å². The number of nitrogens with one attached hydrogen (secondary N) is 1. The lowest BCUT2D eigenvalue weighted by Gasteiger charge is -2.29. The van der Waals surface area contributed by atoms with Crippen LogP contribution in [0.2, 0.25) is 0 Å². The molecule has 25 heavy (non-hydrogen) atoms. The Morgan fingerprint density at radius 2 is 1.84 bits per heavy atom. The van der Waals surface area contributed by atoms with E-state index in [9.17, 15) is 24.8 Å². The molecule has 2 rings (SSSR count). The number of hydrogen-bond donors (Lipinski definition) is 2. The fourth-order valence-corrected chi connectivity index (χ4v) is 3.22. The first-order valence-corrected chi connectivity index (χ1v) is 8.19. The summed E-state index contributed by atoms with van der Waals surface area (Å²) in [5.74, 6) is -1.51. The molecule has 136 valence electrons. The third-order valence-electron chi connectivity index (χ3n) is 4.73. The van der Waals surface area contributed by atoms with Gasteiger partial charge in [0.2, 0.25) is 0 Å². The molecular formula is C17H22N2O6. The summed E-state index contributed by atoms with van der Waals surface area (Å²) in [5, 5.41) is 23.5. The number of nitro benzene ring substituents is 1. The van der Waals surface area contributed by atoms with Crippen molar-refractivity contribution in [2.24, 2.45) is 0 Å². The van der Waals surface area contributed by atoms with Crippen LogP contribution >= 0.6 is 0 Å². The Hall–Kier alpha value is -2.64. The monoisotopic (exact) mass is 350 g/mol. The van der Waals surface area contributed by atoms with Crippen LogP contribution in [0.5, 0.6) is 5.75 Å². The Morgan fingerprint density at radius 1 is 1.24 bits per heavy atom. The van der Waals surface area contributed by atoms with E-state index in [1.165, 1.54) is 20.1 Å². The van der Waals surface area contributed by atoms with Gasteiger partial charge in [0.15, 0.2) is 0 Å². The van der Waals surface area contributed by atoms with Crippen LogP contribution in [0.15, 0.2) is 12.1 Å². The topological polar surface area (TPSA) is 119 Å². The summed E-state index contributed by atoms with van der Waals surface area (Å²) in [6, 6.07) is 2.54. The minimum Gasteiger partial charge on any atom is -0.496 e. The zero-order chi connectivity index (χ0) is 18.6. The van der Waals surface area contributed by atoms with Crippen molar-refractivity contribution in [3.05, 3.63) is 33.4 Å².